The summed E-state index contributed by atoms with van der Waals surface area (Å²) < 4.78 is 5.20. The van der Waals surface area contributed by atoms with Crippen LogP contribution in [0, 0.1) is 0 Å². The number of nitrogens with one attached hydrogen (secondary N) is 1. The maximum Gasteiger partial charge on any atom is 0.153 e. The third kappa shape index (κ3) is 1.61. The van der Waals surface area contributed by atoms with Crippen LogP contribution in [0.4, 0.5) is 0 Å². The summed E-state index contributed by atoms with van der Waals surface area (Å²) in [5.41, 5.74) is 2.04. The third-order valence-electron chi connectivity index (χ3n) is 2.17. The Morgan fingerprint density at radius 3 is 2.93 bits per heavy atom. The van der Waals surface area contributed by atoms with Crippen molar-refractivity contribution in [3.63, 3.8) is 0 Å². The van der Waals surface area contributed by atoms with E-state index < -0.39 is 0 Å². The lowest BCUT2D eigenvalue weighted by Gasteiger charge is -2.06. The van der Waals surface area contributed by atoms with Crippen molar-refractivity contribution in [1.29, 1.82) is 0 Å². The molecule has 0 radical (unpaired) electrons. The number of aromatic nitrogens is 2. The van der Waals surface area contributed by atoms with Crippen LogP contribution in [-0.4, -0.2) is 23.6 Å². The normalized spacial score (nSPS) is 9.93. The van der Waals surface area contributed by atoms with Gasteiger partial charge in [-0.15, -0.1) is 0 Å². The SMILES string of the molecule is COc1ccccc1-c1[nH]ncc1C=O. The predicted octanol–water partition coefficient (Wildman–Crippen LogP) is 1.90. The topological polar surface area (TPSA) is 55.0 Å². The van der Waals surface area contributed by atoms with E-state index in [0.29, 0.717) is 17.0 Å². The first-order valence-electron chi connectivity index (χ1n) is 4.48. The van der Waals surface area contributed by atoms with Crippen molar-refractivity contribution in [2.45, 2.75) is 0 Å². The minimum atomic E-state index is 0.527. The molecule has 0 spiro atoms. The number of ether oxygens (including phenoxy) is 1. The lowest BCUT2D eigenvalue weighted by Crippen LogP contribution is -1.90. The molecule has 0 aliphatic rings. The number of carbonyl (C=O) groups is 1. The minimum Gasteiger partial charge on any atom is -0.496 e. The first-order chi connectivity index (χ1) is 7.36. The van der Waals surface area contributed by atoms with Gasteiger partial charge in [0.1, 0.15) is 5.75 Å². The Morgan fingerprint density at radius 1 is 1.40 bits per heavy atom. The monoisotopic (exact) mass is 202 g/mol. The van der Waals surface area contributed by atoms with Crippen molar-refractivity contribution in [3.05, 3.63) is 36.0 Å². The Kier molecular flexibility index (Phi) is 2.49. The quantitative estimate of drug-likeness (QED) is 0.773. The van der Waals surface area contributed by atoms with Gasteiger partial charge in [-0.2, -0.15) is 5.10 Å². The molecule has 1 aromatic heterocycles. The number of benzene rings is 1. The zero-order valence-electron chi connectivity index (χ0n) is 8.23. The molecule has 4 heteroatoms. The number of nitrogens with zero attached hydrogens (tertiary/aromatic N) is 1. The van der Waals surface area contributed by atoms with Gasteiger partial charge < -0.3 is 4.74 Å². The second kappa shape index (κ2) is 3.96. The second-order valence-electron chi connectivity index (χ2n) is 3.02. The van der Waals surface area contributed by atoms with Crippen molar-refractivity contribution in [2.75, 3.05) is 7.11 Å². The lowest BCUT2D eigenvalue weighted by molar-refractivity contribution is 0.112. The van der Waals surface area contributed by atoms with Crippen molar-refractivity contribution >= 4 is 6.29 Å². The van der Waals surface area contributed by atoms with Gasteiger partial charge in [0.25, 0.3) is 0 Å². The number of aromatic amines is 1. The van der Waals surface area contributed by atoms with Crippen LogP contribution in [-0.2, 0) is 0 Å². The third-order valence-corrected chi connectivity index (χ3v) is 2.17. The predicted molar refractivity (Wildman–Crippen MR) is 56.0 cm³/mol. The molecule has 1 heterocycles. The average Bonchev–Trinajstić information content (AvgIpc) is 2.76. The molecular formula is C11H10N2O2. The van der Waals surface area contributed by atoms with E-state index in [-0.39, 0.29) is 0 Å². The molecule has 4 nitrogen and oxygen atoms in total. The molecule has 0 saturated carbocycles. The molecule has 15 heavy (non-hydrogen) atoms. The van der Waals surface area contributed by atoms with Crippen LogP contribution in [0.2, 0.25) is 0 Å². The zero-order chi connectivity index (χ0) is 10.7. The Bertz CT molecular complexity index is 477. The minimum absolute atomic E-state index is 0.527. The van der Waals surface area contributed by atoms with E-state index >= 15 is 0 Å². The first kappa shape index (κ1) is 9.45. The number of rotatable bonds is 3. The molecule has 0 bridgehead atoms. The van der Waals surface area contributed by atoms with E-state index in [1.54, 1.807) is 7.11 Å². The van der Waals surface area contributed by atoms with Crippen LogP contribution in [0.5, 0.6) is 5.75 Å². The molecule has 76 valence electrons. The average molecular weight is 202 g/mol. The summed E-state index contributed by atoms with van der Waals surface area (Å²) in [6.07, 6.45) is 2.26. The lowest BCUT2D eigenvalue weighted by atomic mass is 10.1. The summed E-state index contributed by atoms with van der Waals surface area (Å²) in [7, 11) is 1.59. The Labute approximate surface area is 86.9 Å². The van der Waals surface area contributed by atoms with Crippen LogP contribution < -0.4 is 4.74 Å². The molecule has 0 atom stereocenters. The van der Waals surface area contributed by atoms with Crippen molar-refractivity contribution < 1.29 is 9.53 Å². The van der Waals surface area contributed by atoms with Gasteiger partial charge in [-0.3, -0.25) is 9.89 Å². The first-order valence-corrected chi connectivity index (χ1v) is 4.48. The molecular weight excluding hydrogens is 192 g/mol. The fourth-order valence-electron chi connectivity index (χ4n) is 1.45. The van der Waals surface area contributed by atoms with E-state index in [1.165, 1.54) is 6.20 Å². The van der Waals surface area contributed by atoms with E-state index in [9.17, 15) is 4.79 Å². The molecule has 0 unspecified atom stereocenters. The summed E-state index contributed by atoms with van der Waals surface area (Å²) in [5, 5.41) is 6.62. The molecule has 0 amide bonds. The molecule has 0 aliphatic heterocycles. The summed E-state index contributed by atoms with van der Waals surface area (Å²) >= 11 is 0. The number of hydrogen-bond acceptors (Lipinski definition) is 3. The van der Waals surface area contributed by atoms with Crippen molar-refractivity contribution in [1.82, 2.24) is 10.2 Å². The van der Waals surface area contributed by atoms with Crippen LogP contribution in [0.25, 0.3) is 11.3 Å². The molecule has 2 rings (SSSR count). The van der Waals surface area contributed by atoms with E-state index in [1.807, 2.05) is 24.3 Å². The maximum absolute atomic E-state index is 10.8. The molecule has 2 aromatic rings. The van der Waals surface area contributed by atoms with Gasteiger partial charge in [-0.05, 0) is 12.1 Å². The van der Waals surface area contributed by atoms with E-state index in [4.69, 9.17) is 4.74 Å². The van der Waals surface area contributed by atoms with Gasteiger partial charge in [0.05, 0.1) is 24.6 Å². The molecule has 1 N–H and O–H groups in total. The summed E-state index contributed by atoms with van der Waals surface area (Å²) in [5.74, 6) is 0.713. The highest BCUT2D eigenvalue weighted by Gasteiger charge is 2.10. The number of methoxy groups -OCH3 is 1. The molecule has 0 fully saturated rings. The number of H-pyrrole nitrogens is 1. The molecule has 1 aromatic carbocycles. The largest absolute Gasteiger partial charge is 0.496 e. The van der Waals surface area contributed by atoms with Gasteiger partial charge in [-0.1, -0.05) is 12.1 Å². The molecule has 0 saturated heterocycles. The van der Waals surface area contributed by atoms with Gasteiger partial charge in [0.15, 0.2) is 6.29 Å². The number of hydrogen-bond donors (Lipinski definition) is 1. The van der Waals surface area contributed by atoms with E-state index in [0.717, 1.165) is 11.8 Å². The number of aldehydes is 1. The van der Waals surface area contributed by atoms with Crippen LogP contribution >= 0.6 is 0 Å². The van der Waals surface area contributed by atoms with Crippen LogP contribution in [0.1, 0.15) is 10.4 Å². The fourth-order valence-corrected chi connectivity index (χ4v) is 1.45. The molecule has 0 aliphatic carbocycles. The Balaban J connectivity index is 2.58. The fraction of sp³-hybridized carbons (Fsp3) is 0.0909. The Morgan fingerprint density at radius 2 is 2.20 bits per heavy atom. The van der Waals surface area contributed by atoms with Gasteiger partial charge in [-0.25, -0.2) is 0 Å². The van der Waals surface area contributed by atoms with Gasteiger partial charge in [0.2, 0.25) is 0 Å². The van der Waals surface area contributed by atoms with Crippen molar-refractivity contribution in [3.8, 4) is 17.0 Å². The number of para-hydroxylation sites is 1. The Hall–Kier alpha value is -2.10. The zero-order valence-corrected chi connectivity index (χ0v) is 8.23. The second-order valence-corrected chi connectivity index (χ2v) is 3.02. The highest BCUT2D eigenvalue weighted by molar-refractivity contribution is 5.86. The number of carbonyl (C=O) groups excluding carboxylic acids is 1. The van der Waals surface area contributed by atoms with Crippen LogP contribution in [0.15, 0.2) is 30.5 Å². The standard InChI is InChI=1S/C11H10N2O2/c1-15-10-5-3-2-4-9(10)11-8(7-14)6-12-13-11/h2-7H,1H3,(H,12,13). The summed E-state index contributed by atoms with van der Waals surface area (Å²) in [6, 6.07) is 7.47. The highest BCUT2D eigenvalue weighted by Crippen LogP contribution is 2.29. The van der Waals surface area contributed by atoms with E-state index in [2.05, 4.69) is 10.2 Å². The van der Waals surface area contributed by atoms with Crippen LogP contribution in [0.3, 0.4) is 0 Å². The summed E-state index contributed by atoms with van der Waals surface area (Å²) in [4.78, 5) is 10.8. The summed E-state index contributed by atoms with van der Waals surface area (Å²) in [6.45, 7) is 0. The smallest absolute Gasteiger partial charge is 0.153 e. The van der Waals surface area contributed by atoms with Gasteiger partial charge in [0, 0.05) is 5.56 Å². The van der Waals surface area contributed by atoms with Crippen molar-refractivity contribution in [2.24, 2.45) is 0 Å². The maximum atomic E-state index is 10.8. The van der Waals surface area contributed by atoms with Gasteiger partial charge >= 0.3 is 0 Å². The highest BCUT2D eigenvalue weighted by atomic mass is 16.5.